The van der Waals surface area contributed by atoms with Gasteiger partial charge in [0.25, 0.3) is 5.91 Å². The second-order valence-electron chi connectivity index (χ2n) is 8.76. The maximum atomic E-state index is 12.6. The molecule has 4 bridgehead atoms. The minimum Gasteiger partial charge on any atom is -0.450 e. The molecule has 0 atom stereocenters. The third-order valence-corrected chi connectivity index (χ3v) is 8.41. The molecule has 4 aliphatic carbocycles. The molecule has 144 valence electrons. The number of amidine groups is 2. The molecule has 0 aromatic carbocycles. The number of hydrazone groups is 1. The molecule has 1 N–H and O–H groups in total. The number of carbonyl (C=O) groups excluding carboxylic acids is 1. The van der Waals surface area contributed by atoms with Gasteiger partial charge in [0.1, 0.15) is 10.8 Å². The molecule has 8 heteroatoms. The van der Waals surface area contributed by atoms with E-state index < -0.39 is 5.91 Å². The summed E-state index contributed by atoms with van der Waals surface area (Å²) < 4.78 is 6.04. The Morgan fingerprint density at radius 1 is 1.21 bits per heavy atom. The number of thioether (sulfide) groups is 1. The van der Waals surface area contributed by atoms with Crippen LogP contribution >= 0.6 is 27.7 Å². The molecule has 2 aliphatic heterocycles. The summed E-state index contributed by atoms with van der Waals surface area (Å²) >= 11 is 4.77. The van der Waals surface area contributed by atoms with E-state index in [9.17, 15) is 4.79 Å². The Balaban J connectivity index is 1.34. The SMILES string of the molecule is N=C1/C(=C/c2ccc(Br)o2)C(=O)N=C2SC(C34CC5CC(CC(C5)C3)C4)=NN12. The summed E-state index contributed by atoms with van der Waals surface area (Å²) in [5.41, 5.74) is 0.347. The fourth-order valence-electron chi connectivity index (χ4n) is 6.13. The van der Waals surface area contributed by atoms with Crippen molar-refractivity contribution in [2.75, 3.05) is 0 Å². The van der Waals surface area contributed by atoms with Crippen molar-refractivity contribution in [3.05, 3.63) is 28.1 Å². The summed E-state index contributed by atoms with van der Waals surface area (Å²) in [6.07, 6.45) is 9.31. The number of furan rings is 1. The van der Waals surface area contributed by atoms with E-state index in [-0.39, 0.29) is 16.8 Å². The lowest BCUT2D eigenvalue weighted by Crippen LogP contribution is -2.49. The largest absolute Gasteiger partial charge is 0.450 e. The lowest BCUT2D eigenvalue weighted by atomic mass is 9.50. The zero-order chi connectivity index (χ0) is 19.0. The van der Waals surface area contributed by atoms with Gasteiger partial charge in [-0.1, -0.05) is 0 Å². The molecule has 1 aromatic heterocycles. The normalized spacial score (nSPS) is 37.5. The van der Waals surface area contributed by atoms with Gasteiger partial charge in [0.05, 0.1) is 5.57 Å². The van der Waals surface area contributed by atoms with Crippen LogP contribution in [0, 0.1) is 28.6 Å². The summed E-state index contributed by atoms with van der Waals surface area (Å²) in [5, 5.41) is 16.6. The second kappa shape index (κ2) is 5.92. The van der Waals surface area contributed by atoms with Crippen molar-refractivity contribution in [2.45, 2.75) is 38.5 Å². The Bertz CT molecular complexity index is 972. The predicted octanol–water partition coefficient (Wildman–Crippen LogP) is 4.88. The Labute approximate surface area is 175 Å². The molecule has 4 fully saturated rings. The Kier molecular flexibility index (Phi) is 3.64. The van der Waals surface area contributed by atoms with Crippen molar-refractivity contribution in [1.82, 2.24) is 5.01 Å². The quantitative estimate of drug-likeness (QED) is 0.640. The van der Waals surface area contributed by atoms with Gasteiger partial charge in [-0.3, -0.25) is 10.2 Å². The van der Waals surface area contributed by atoms with Crippen LogP contribution in [0.3, 0.4) is 0 Å². The van der Waals surface area contributed by atoms with Crippen LogP contribution in [0.1, 0.15) is 44.3 Å². The molecule has 1 aromatic rings. The van der Waals surface area contributed by atoms with Crippen LogP contribution in [0.15, 0.2) is 36.9 Å². The number of hydrogen-bond acceptors (Lipinski definition) is 5. The van der Waals surface area contributed by atoms with Crippen molar-refractivity contribution >= 4 is 55.7 Å². The Morgan fingerprint density at radius 3 is 2.50 bits per heavy atom. The number of rotatable bonds is 2. The molecule has 6 nitrogen and oxygen atoms in total. The van der Waals surface area contributed by atoms with Crippen LogP contribution in [-0.2, 0) is 4.79 Å². The van der Waals surface area contributed by atoms with E-state index in [0.29, 0.717) is 15.6 Å². The summed E-state index contributed by atoms with van der Waals surface area (Å²) in [6, 6.07) is 3.51. The van der Waals surface area contributed by atoms with Crippen LogP contribution in [0.5, 0.6) is 0 Å². The monoisotopic (exact) mass is 458 g/mol. The van der Waals surface area contributed by atoms with E-state index in [4.69, 9.17) is 14.9 Å². The Morgan fingerprint density at radius 2 is 1.89 bits per heavy atom. The maximum absolute atomic E-state index is 12.6. The first-order valence-electron chi connectivity index (χ1n) is 9.75. The molecule has 6 aliphatic rings. The molecule has 1 amide bonds. The molecule has 3 heterocycles. The van der Waals surface area contributed by atoms with Crippen molar-refractivity contribution < 1.29 is 9.21 Å². The Hall–Kier alpha value is -1.67. The third-order valence-electron chi connectivity index (χ3n) is 6.83. The smallest absolute Gasteiger partial charge is 0.283 e. The van der Waals surface area contributed by atoms with Gasteiger partial charge in [0.15, 0.2) is 10.5 Å². The predicted molar refractivity (Wildman–Crippen MR) is 112 cm³/mol. The van der Waals surface area contributed by atoms with E-state index in [0.717, 1.165) is 22.8 Å². The molecule has 0 radical (unpaired) electrons. The minimum atomic E-state index is -0.404. The van der Waals surface area contributed by atoms with Gasteiger partial charge in [-0.2, -0.15) is 15.1 Å². The summed E-state index contributed by atoms with van der Waals surface area (Å²) in [5.74, 6) is 2.65. The first-order valence-corrected chi connectivity index (χ1v) is 11.4. The van der Waals surface area contributed by atoms with Gasteiger partial charge in [-0.05, 0) is 102 Å². The van der Waals surface area contributed by atoms with Crippen LogP contribution < -0.4 is 0 Å². The van der Waals surface area contributed by atoms with Crippen LogP contribution in [0.4, 0.5) is 0 Å². The first kappa shape index (κ1) is 17.2. The number of nitrogens with zero attached hydrogens (tertiary/aromatic N) is 3. The van der Waals surface area contributed by atoms with E-state index in [1.165, 1.54) is 50.3 Å². The molecule has 0 unspecified atom stereocenters. The highest BCUT2D eigenvalue weighted by Gasteiger charge is 2.55. The molecule has 28 heavy (non-hydrogen) atoms. The number of fused-ring (bicyclic) bond motifs is 1. The summed E-state index contributed by atoms with van der Waals surface area (Å²) in [4.78, 5) is 16.8. The van der Waals surface area contributed by atoms with Crippen molar-refractivity contribution in [1.29, 1.82) is 5.41 Å². The van der Waals surface area contributed by atoms with Gasteiger partial charge in [0.2, 0.25) is 5.17 Å². The standard InChI is InChI=1S/C20H19BrN4O2S/c21-15-2-1-13(27-15)6-14-16(22)25-19(23-17(14)26)28-18(24-25)20-7-10-3-11(8-20)5-12(4-10)9-20/h1-2,6,10-12,22H,3-5,7-9H2/b14-6-,22-16?. The fourth-order valence-corrected chi connectivity index (χ4v) is 7.56. The van der Waals surface area contributed by atoms with Crippen molar-refractivity contribution in [3.63, 3.8) is 0 Å². The highest BCUT2D eigenvalue weighted by molar-refractivity contribution is 9.10. The van der Waals surface area contributed by atoms with Crippen molar-refractivity contribution in [2.24, 2.45) is 33.3 Å². The molecular formula is C20H19BrN4O2S. The number of amides is 1. The zero-order valence-electron chi connectivity index (χ0n) is 15.2. The van der Waals surface area contributed by atoms with E-state index in [1.807, 2.05) is 0 Å². The van der Waals surface area contributed by atoms with Gasteiger partial charge >= 0.3 is 0 Å². The summed E-state index contributed by atoms with van der Waals surface area (Å²) in [6.45, 7) is 0. The molecule has 0 spiro atoms. The highest BCUT2D eigenvalue weighted by atomic mass is 79.9. The van der Waals surface area contributed by atoms with E-state index >= 15 is 0 Å². The fraction of sp³-hybridized carbons (Fsp3) is 0.500. The first-order chi connectivity index (χ1) is 13.5. The molecular weight excluding hydrogens is 440 g/mol. The van der Waals surface area contributed by atoms with Crippen LogP contribution in [-0.4, -0.2) is 27.0 Å². The third kappa shape index (κ3) is 2.53. The molecule has 7 rings (SSSR count). The van der Waals surface area contributed by atoms with Gasteiger partial charge in [0, 0.05) is 5.41 Å². The number of aliphatic imine (C=N–C) groups is 1. The van der Waals surface area contributed by atoms with Gasteiger partial charge in [-0.25, -0.2) is 0 Å². The highest BCUT2D eigenvalue weighted by Crippen LogP contribution is 2.62. The number of nitrogens with one attached hydrogen (secondary N) is 1. The molecule has 4 saturated carbocycles. The lowest BCUT2D eigenvalue weighted by Gasteiger charge is -2.56. The maximum Gasteiger partial charge on any atom is 0.283 e. The zero-order valence-corrected chi connectivity index (χ0v) is 17.6. The number of hydrogen-bond donors (Lipinski definition) is 1. The van der Waals surface area contributed by atoms with Crippen molar-refractivity contribution in [3.8, 4) is 0 Å². The van der Waals surface area contributed by atoms with Gasteiger partial charge in [-0.15, -0.1) is 0 Å². The average Bonchev–Trinajstić information content (AvgIpc) is 3.24. The number of carbonyl (C=O) groups is 1. The second-order valence-corrected chi connectivity index (χ2v) is 10.5. The topological polar surface area (TPSA) is 82.0 Å². The van der Waals surface area contributed by atoms with Crippen LogP contribution in [0.25, 0.3) is 6.08 Å². The van der Waals surface area contributed by atoms with E-state index in [1.54, 1.807) is 23.2 Å². The average molecular weight is 459 g/mol. The number of halogens is 1. The van der Waals surface area contributed by atoms with Gasteiger partial charge < -0.3 is 4.42 Å². The summed E-state index contributed by atoms with van der Waals surface area (Å²) in [7, 11) is 0. The lowest BCUT2D eigenvalue weighted by molar-refractivity contribution is -0.114. The minimum absolute atomic E-state index is 0.0785. The van der Waals surface area contributed by atoms with E-state index in [2.05, 4.69) is 20.9 Å². The molecule has 0 saturated heterocycles. The van der Waals surface area contributed by atoms with Crippen LogP contribution in [0.2, 0.25) is 0 Å².